The van der Waals surface area contributed by atoms with Crippen molar-refractivity contribution >= 4 is 28.7 Å². The van der Waals surface area contributed by atoms with E-state index in [-0.39, 0.29) is 16.7 Å². The summed E-state index contributed by atoms with van der Waals surface area (Å²) in [6.07, 6.45) is 1.88. The molecule has 2 aromatic rings. The average molecular weight is 378 g/mol. The first-order chi connectivity index (χ1) is 13.0. The number of thioether (sulfide) groups is 1. The van der Waals surface area contributed by atoms with Gasteiger partial charge in [-0.2, -0.15) is 0 Å². The maximum Gasteiger partial charge on any atom is 0.336 e. The molecule has 2 aromatic carbocycles. The van der Waals surface area contributed by atoms with E-state index in [1.807, 2.05) is 12.3 Å². The topological polar surface area (TPSA) is 87.7 Å². The Labute approximate surface area is 158 Å². The van der Waals surface area contributed by atoms with Crippen LogP contribution < -0.4 is 5.43 Å². The van der Waals surface area contributed by atoms with Gasteiger partial charge in [-0.1, -0.05) is 6.07 Å². The molecule has 27 heavy (non-hydrogen) atoms. The molecular weight excluding hydrogens is 364 g/mol. The molecule has 0 bridgehead atoms. The highest BCUT2D eigenvalue weighted by atomic mass is 32.2. The maximum absolute atomic E-state index is 11.9. The smallest absolute Gasteiger partial charge is 0.336 e. The van der Waals surface area contributed by atoms with Gasteiger partial charge in [0.25, 0.3) is 0 Å². The number of phenolic OH excluding ortho intramolecular Hbond substituents is 1. The van der Waals surface area contributed by atoms with Crippen molar-refractivity contribution < 1.29 is 19.4 Å². The fourth-order valence-corrected chi connectivity index (χ4v) is 3.63. The van der Waals surface area contributed by atoms with Gasteiger partial charge in [0.05, 0.1) is 5.56 Å². The van der Waals surface area contributed by atoms with E-state index in [2.05, 4.69) is 0 Å². The van der Waals surface area contributed by atoms with Crippen molar-refractivity contribution in [2.24, 2.45) is 0 Å². The molecule has 5 nitrogen and oxygen atoms in total. The number of carbonyl (C=O) groups is 1. The van der Waals surface area contributed by atoms with Gasteiger partial charge in [0.15, 0.2) is 5.43 Å². The lowest BCUT2D eigenvalue weighted by molar-refractivity contribution is 0.0697. The van der Waals surface area contributed by atoms with Gasteiger partial charge in [0.2, 0.25) is 0 Å². The second-order valence-electron chi connectivity index (χ2n) is 6.03. The third-order valence-electron chi connectivity index (χ3n) is 4.40. The van der Waals surface area contributed by atoms with Crippen LogP contribution in [0.5, 0.6) is 5.75 Å². The SMILES string of the molecule is CSc1ccc(-c2c3ccc(=O)cc-3oc3cc(O)ccc23)c(C(=O)O)c1. The van der Waals surface area contributed by atoms with Crippen molar-refractivity contribution in [1.29, 1.82) is 0 Å². The summed E-state index contributed by atoms with van der Waals surface area (Å²) in [5, 5.41) is 20.2. The molecule has 0 radical (unpaired) electrons. The summed E-state index contributed by atoms with van der Waals surface area (Å²) in [4.78, 5) is 24.5. The Kier molecular flexibility index (Phi) is 4.12. The Bertz CT molecular complexity index is 1230. The second-order valence-corrected chi connectivity index (χ2v) is 6.91. The summed E-state index contributed by atoms with van der Waals surface area (Å²) >= 11 is 1.46. The van der Waals surface area contributed by atoms with Crippen LogP contribution in [0.4, 0.5) is 0 Å². The zero-order chi connectivity index (χ0) is 19.1. The number of rotatable bonds is 3. The first-order valence-electron chi connectivity index (χ1n) is 8.09. The first-order valence-corrected chi connectivity index (χ1v) is 9.31. The van der Waals surface area contributed by atoms with E-state index in [1.165, 1.54) is 36.0 Å². The molecule has 2 N–H and O–H groups in total. The van der Waals surface area contributed by atoms with E-state index in [0.717, 1.165) is 4.90 Å². The van der Waals surface area contributed by atoms with E-state index in [4.69, 9.17) is 4.42 Å². The molecule has 0 spiro atoms. The molecule has 134 valence electrons. The standard InChI is InChI=1S/C21H14O5S/c1-27-13-4-7-14(17(10-13)21(24)25)20-15-5-2-11(22)8-18(15)26-19-9-12(23)3-6-16(19)20/h2-10,22H,1H3,(H,24,25). The fourth-order valence-electron chi connectivity index (χ4n) is 3.19. The maximum atomic E-state index is 11.9. The molecule has 4 rings (SSSR count). The number of benzene rings is 3. The van der Waals surface area contributed by atoms with Gasteiger partial charge in [0.1, 0.15) is 17.1 Å². The van der Waals surface area contributed by atoms with Gasteiger partial charge < -0.3 is 14.6 Å². The van der Waals surface area contributed by atoms with E-state index in [1.54, 1.807) is 24.3 Å². The van der Waals surface area contributed by atoms with E-state index in [9.17, 15) is 19.8 Å². The van der Waals surface area contributed by atoms with Gasteiger partial charge in [0, 0.05) is 33.5 Å². The van der Waals surface area contributed by atoms with Crippen LogP contribution in [0.25, 0.3) is 33.4 Å². The molecular formula is C21H14O5S. The van der Waals surface area contributed by atoms with E-state index >= 15 is 0 Å². The largest absolute Gasteiger partial charge is 0.508 e. The summed E-state index contributed by atoms with van der Waals surface area (Å²) in [6.45, 7) is 0. The number of carboxylic acids is 1. The van der Waals surface area contributed by atoms with Crippen molar-refractivity contribution in [3.8, 4) is 28.2 Å². The summed E-state index contributed by atoms with van der Waals surface area (Å²) in [5.41, 5.74) is 2.12. The molecule has 0 unspecified atom stereocenters. The predicted octanol–water partition coefficient (Wildman–Crippen LogP) is 4.69. The van der Waals surface area contributed by atoms with Crippen LogP contribution in [0.1, 0.15) is 10.4 Å². The summed E-state index contributed by atoms with van der Waals surface area (Å²) in [7, 11) is 0. The van der Waals surface area contributed by atoms with Gasteiger partial charge in [-0.15, -0.1) is 11.8 Å². The average Bonchev–Trinajstić information content (AvgIpc) is 2.65. The molecule has 0 saturated carbocycles. The Morgan fingerprint density at radius 2 is 1.78 bits per heavy atom. The zero-order valence-electron chi connectivity index (χ0n) is 14.2. The summed E-state index contributed by atoms with van der Waals surface area (Å²) < 4.78 is 5.80. The van der Waals surface area contributed by atoms with Crippen LogP contribution in [0.15, 0.2) is 68.7 Å². The van der Waals surface area contributed by atoms with Crippen LogP contribution in [0.3, 0.4) is 0 Å². The number of aromatic carboxylic acids is 1. The third-order valence-corrected chi connectivity index (χ3v) is 5.13. The van der Waals surface area contributed by atoms with E-state index in [0.29, 0.717) is 33.4 Å². The van der Waals surface area contributed by atoms with E-state index < -0.39 is 5.97 Å². The lowest BCUT2D eigenvalue weighted by atomic mass is 9.91. The van der Waals surface area contributed by atoms with Gasteiger partial charge in [-0.05, 0) is 48.2 Å². The molecule has 0 aromatic heterocycles. The highest BCUT2D eigenvalue weighted by Crippen LogP contribution is 2.42. The van der Waals surface area contributed by atoms with Gasteiger partial charge in [-0.25, -0.2) is 4.79 Å². The highest BCUT2D eigenvalue weighted by Gasteiger charge is 2.22. The van der Waals surface area contributed by atoms with Crippen LogP contribution in [-0.2, 0) is 0 Å². The highest BCUT2D eigenvalue weighted by molar-refractivity contribution is 7.98. The van der Waals surface area contributed by atoms with Crippen molar-refractivity contribution in [2.75, 3.05) is 6.26 Å². The second kappa shape index (κ2) is 6.48. The Morgan fingerprint density at radius 3 is 2.52 bits per heavy atom. The number of carboxylic acid groups (broad SMARTS) is 1. The minimum atomic E-state index is -1.04. The minimum Gasteiger partial charge on any atom is -0.508 e. The lowest BCUT2D eigenvalue weighted by Gasteiger charge is -2.17. The predicted molar refractivity (Wildman–Crippen MR) is 105 cm³/mol. The Balaban J connectivity index is 2.18. The molecule has 1 aliphatic carbocycles. The van der Waals surface area contributed by atoms with Gasteiger partial charge >= 0.3 is 5.97 Å². The van der Waals surface area contributed by atoms with Crippen molar-refractivity contribution in [3.63, 3.8) is 0 Å². The monoisotopic (exact) mass is 378 g/mol. The normalized spacial score (nSPS) is 11.1. The van der Waals surface area contributed by atoms with Crippen LogP contribution in [0, 0.1) is 0 Å². The third kappa shape index (κ3) is 2.94. The molecule has 0 atom stereocenters. The number of hydrogen-bond acceptors (Lipinski definition) is 5. The summed E-state index contributed by atoms with van der Waals surface area (Å²) in [6, 6.07) is 14.3. The molecule has 6 heteroatoms. The molecule has 0 saturated heterocycles. The molecule has 1 aliphatic heterocycles. The first kappa shape index (κ1) is 17.2. The fraction of sp³-hybridized carbons (Fsp3) is 0.0476. The Hall–Kier alpha value is -3.25. The number of aromatic hydroxyl groups is 1. The quantitative estimate of drug-likeness (QED) is 0.397. The van der Waals surface area contributed by atoms with Crippen molar-refractivity contribution in [1.82, 2.24) is 0 Å². The van der Waals surface area contributed by atoms with Crippen molar-refractivity contribution in [3.05, 3.63) is 70.4 Å². The molecule has 1 heterocycles. The van der Waals surface area contributed by atoms with Crippen molar-refractivity contribution in [2.45, 2.75) is 4.90 Å². The van der Waals surface area contributed by atoms with Gasteiger partial charge in [-0.3, -0.25) is 4.79 Å². The molecule has 0 fully saturated rings. The minimum absolute atomic E-state index is 0.0195. The number of fused-ring (bicyclic) bond motifs is 2. The lowest BCUT2D eigenvalue weighted by Crippen LogP contribution is -2.03. The van der Waals surface area contributed by atoms with Crippen LogP contribution in [0.2, 0.25) is 0 Å². The van der Waals surface area contributed by atoms with Crippen LogP contribution >= 0.6 is 11.8 Å². The number of phenols is 1. The molecule has 2 aliphatic rings. The zero-order valence-corrected chi connectivity index (χ0v) is 15.0. The molecule has 0 amide bonds. The summed E-state index contributed by atoms with van der Waals surface area (Å²) in [5.74, 6) is -0.686. The Morgan fingerprint density at radius 1 is 1.00 bits per heavy atom. The van der Waals surface area contributed by atoms with Crippen LogP contribution in [-0.4, -0.2) is 22.4 Å². The number of hydrogen-bond donors (Lipinski definition) is 2.